The number of nitro groups is 1. The lowest BCUT2D eigenvalue weighted by Gasteiger charge is -2.37. The van der Waals surface area contributed by atoms with Crippen LogP contribution >= 0.6 is 0 Å². The van der Waals surface area contributed by atoms with Crippen LogP contribution in [0.2, 0.25) is 0 Å². The van der Waals surface area contributed by atoms with E-state index in [9.17, 15) is 20.0 Å². The fraction of sp³-hybridized carbons (Fsp3) is 0.500. The molecule has 114 valence electrons. The maximum Gasteiger partial charge on any atom is 0.336 e. The van der Waals surface area contributed by atoms with Crippen LogP contribution in [0, 0.1) is 17.0 Å². The molecule has 7 nitrogen and oxygen atoms in total. The average Bonchev–Trinajstić information content (AvgIpc) is 2.38. The van der Waals surface area contributed by atoms with Gasteiger partial charge in [0.1, 0.15) is 0 Å². The minimum absolute atomic E-state index is 0.0976. The summed E-state index contributed by atoms with van der Waals surface area (Å²) < 4.78 is 0. The Labute approximate surface area is 122 Å². The van der Waals surface area contributed by atoms with Crippen LogP contribution in [0.5, 0.6) is 0 Å². The molecule has 0 atom stereocenters. The van der Waals surface area contributed by atoms with Crippen molar-refractivity contribution in [2.24, 2.45) is 0 Å². The molecule has 1 aromatic rings. The number of hydrogen-bond acceptors (Lipinski definition) is 5. The third-order valence-corrected chi connectivity index (χ3v) is 3.98. The number of rotatable bonds is 3. The number of benzene rings is 1. The lowest BCUT2D eigenvalue weighted by Crippen LogP contribution is -2.42. The standard InChI is InChI=1S/C14H18N2O5/c1-9-11(15-5-3-14(2,19)4-6-15)7-10(13(17)18)8-12(9)16(20)21/h7-8,19H,3-6H2,1-2H3,(H,17,18). The molecular weight excluding hydrogens is 276 g/mol. The molecule has 0 spiro atoms. The normalized spacial score (nSPS) is 17.6. The van der Waals surface area contributed by atoms with Crippen LogP contribution in [0.3, 0.4) is 0 Å². The van der Waals surface area contributed by atoms with Crippen LogP contribution in [0.15, 0.2) is 12.1 Å². The van der Waals surface area contributed by atoms with Crippen molar-refractivity contribution in [3.8, 4) is 0 Å². The Morgan fingerprint density at radius 3 is 2.43 bits per heavy atom. The first-order chi connectivity index (χ1) is 9.71. The lowest BCUT2D eigenvalue weighted by atomic mass is 9.93. The number of carboxylic acids is 1. The van der Waals surface area contributed by atoms with Crippen LogP contribution in [0.1, 0.15) is 35.7 Å². The van der Waals surface area contributed by atoms with Gasteiger partial charge >= 0.3 is 5.97 Å². The average molecular weight is 294 g/mol. The van der Waals surface area contributed by atoms with Gasteiger partial charge in [0.2, 0.25) is 0 Å². The second kappa shape index (κ2) is 5.33. The molecule has 1 fully saturated rings. The van der Waals surface area contributed by atoms with Gasteiger partial charge in [-0.15, -0.1) is 0 Å². The van der Waals surface area contributed by atoms with Gasteiger partial charge in [0.05, 0.1) is 21.7 Å². The van der Waals surface area contributed by atoms with Gasteiger partial charge in [0, 0.05) is 24.8 Å². The summed E-state index contributed by atoms with van der Waals surface area (Å²) >= 11 is 0. The van der Waals surface area contributed by atoms with E-state index in [1.807, 2.05) is 4.90 Å². The number of aliphatic hydroxyl groups is 1. The van der Waals surface area contributed by atoms with E-state index >= 15 is 0 Å². The molecule has 21 heavy (non-hydrogen) atoms. The summed E-state index contributed by atoms with van der Waals surface area (Å²) in [5.74, 6) is -1.19. The fourth-order valence-corrected chi connectivity index (χ4v) is 2.55. The Morgan fingerprint density at radius 2 is 1.95 bits per heavy atom. The highest BCUT2D eigenvalue weighted by molar-refractivity contribution is 5.90. The zero-order valence-electron chi connectivity index (χ0n) is 12.0. The highest BCUT2D eigenvalue weighted by Gasteiger charge is 2.30. The van der Waals surface area contributed by atoms with E-state index in [1.165, 1.54) is 6.07 Å². The van der Waals surface area contributed by atoms with Crippen LogP contribution in [-0.2, 0) is 0 Å². The number of anilines is 1. The van der Waals surface area contributed by atoms with Crippen molar-refractivity contribution in [2.45, 2.75) is 32.3 Å². The zero-order chi connectivity index (χ0) is 15.8. The number of nitrogens with zero attached hydrogens (tertiary/aromatic N) is 2. The summed E-state index contributed by atoms with van der Waals surface area (Å²) in [6.07, 6.45) is 1.08. The van der Waals surface area contributed by atoms with Crippen LogP contribution < -0.4 is 4.90 Å². The molecule has 1 aromatic carbocycles. The topological polar surface area (TPSA) is 104 Å². The maximum atomic E-state index is 11.1. The van der Waals surface area contributed by atoms with Gasteiger partial charge in [-0.05, 0) is 32.8 Å². The lowest BCUT2D eigenvalue weighted by molar-refractivity contribution is -0.385. The first-order valence-corrected chi connectivity index (χ1v) is 6.71. The zero-order valence-corrected chi connectivity index (χ0v) is 12.0. The Hall–Kier alpha value is -2.15. The molecule has 1 aliphatic heterocycles. The van der Waals surface area contributed by atoms with Crippen molar-refractivity contribution in [1.82, 2.24) is 0 Å². The van der Waals surface area contributed by atoms with Crippen molar-refractivity contribution >= 4 is 17.3 Å². The largest absolute Gasteiger partial charge is 0.478 e. The third-order valence-electron chi connectivity index (χ3n) is 3.98. The van der Waals surface area contributed by atoms with Crippen molar-refractivity contribution in [3.05, 3.63) is 33.4 Å². The molecule has 2 rings (SSSR count). The predicted molar refractivity (Wildman–Crippen MR) is 76.9 cm³/mol. The minimum atomic E-state index is -1.19. The SMILES string of the molecule is Cc1c(N2CCC(C)(O)CC2)cc(C(=O)O)cc1[N+](=O)[O-]. The van der Waals surface area contributed by atoms with Crippen molar-refractivity contribution < 1.29 is 19.9 Å². The summed E-state index contributed by atoms with van der Waals surface area (Å²) in [5.41, 5.74) is -0.0219. The summed E-state index contributed by atoms with van der Waals surface area (Å²) in [6.45, 7) is 4.45. The fourth-order valence-electron chi connectivity index (χ4n) is 2.55. The first kappa shape index (κ1) is 15.2. The Bertz CT molecular complexity index is 587. The van der Waals surface area contributed by atoms with Crippen molar-refractivity contribution in [2.75, 3.05) is 18.0 Å². The van der Waals surface area contributed by atoms with E-state index in [0.29, 0.717) is 37.2 Å². The van der Waals surface area contributed by atoms with Gasteiger partial charge in [-0.3, -0.25) is 10.1 Å². The van der Waals surface area contributed by atoms with Crippen molar-refractivity contribution in [3.63, 3.8) is 0 Å². The van der Waals surface area contributed by atoms with Gasteiger partial charge < -0.3 is 15.1 Å². The molecule has 1 aliphatic rings. The second-order valence-electron chi connectivity index (χ2n) is 5.69. The van der Waals surface area contributed by atoms with Gasteiger partial charge in [0.25, 0.3) is 5.69 Å². The molecule has 2 N–H and O–H groups in total. The highest BCUT2D eigenvalue weighted by Crippen LogP contribution is 2.33. The van der Waals surface area contributed by atoms with E-state index in [2.05, 4.69) is 0 Å². The number of carbonyl (C=O) groups is 1. The summed E-state index contributed by atoms with van der Waals surface area (Å²) in [4.78, 5) is 23.6. The van der Waals surface area contributed by atoms with Gasteiger partial charge in [-0.1, -0.05) is 0 Å². The number of hydrogen-bond donors (Lipinski definition) is 2. The van der Waals surface area contributed by atoms with Crippen molar-refractivity contribution in [1.29, 1.82) is 0 Å². The van der Waals surface area contributed by atoms with E-state index in [0.717, 1.165) is 6.07 Å². The van der Waals surface area contributed by atoms with Gasteiger partial charge in [0.15, 0.2) is 0 Å². The van der Waals surface area contributed by atoms with Crippen LogP contribution in [-0.4, -0.2) is 39.8 Å². The molecule has 0 saturated carbocycles. The molecule has 0 bridgehead atoms. The smallest absolute Gasteiger partial charge is 0.336 e. The third kappa shape index (κ3) is 3.13. The monoisotopic (exact) mass is 294 g/mol. The molecule has 0 unspecified atom stereocenters. The molecule has 0 radical (unpaired) electrons. The van der Waals surface area contributed by atoms with E-state index in [1.54, 1.807) is 13.8 Å². The van der Waals surface area contributed by atoms with Gasteiger partial charge in [-0.2, -0.15) is 0 Å². The Balaban J connectivity index is 2.43. The maximum absolute atomic E-state index is 11.1. The quantitative estimate of drug-likeness (QED) is 0.652. The summed E-state index contributed by atoms with van der Waals surface area (Å²) in [5, 5.41) is 30.2. The number of piperidine rings is 1. The molecule has 0 aromatic heterocycles. The highest BCUT2D eigenvalue weighted by atomic mass is 16.6. The molecule has 0 amide bonds. The summed E-state index contributed by atoms with van der Waals surface area (Å²) in [7, 11) is 0. The molecular formula is C14H18N2O5. The molecule has 7 heteroatoms. The molecule has 1 saturated heterocycles. The van der Waals surface area contributed by atoms with Gasteiger partial charge in [-0.25, -0.2) is 4.79 Å². The van der Waals surface area contributed by atoms with E-state index in [4.69, 9.17) is 5.11 Å². The van der Waals surface area contributed by atoms with E-state index in [-0.39, 0.29) is 11.3 Å². The number of aromatic carboxylic acids is 1. The first-order valence-electron chi connectivity index (χ1n) is 6.71. The molecule has 1 heterocycles. The summed E-state index contributed by atoms with van der Waals surface area (Å²) in [6, 6.07) is 2.55. The predicted octanol–water partition coefficient (Wildman–Crippen LogP) is 1.95. The van der Waals surface area contributed by atoms with E-state index < -0.39 is 16.5 Å². The second-order valence-corrected chi connectivity index (χ2v) is 5.69. The minimum Gasteiger partial charge on any atom is -0.478 e. The number of nitro benzene ring substituents is 1. The Kier molecular flexibility index (Phi) is 3.87. The molecule has 0 aliphatic carbocycles. The van der Waals surface area contributed by atoms with Crippen LogP contribution in [0.25, 0.3) is 0 Å². The Morgan fingerprint density at radius 1 is 1.38 bits per heavy atom. The van der Waals surface area contributed by atoms with Crippen LogP contribution in [0.4, 0.5) is 11.4 Å². The number of carboxylic acid groups (broad SMARTS) is 1.